The second-order valence-electron chi connectivity index (χ2n) is 3.01. The van der Waals surface area contributed by atoms with E-state index < -0.39 is 0 Å². The minimum atomic E-state index is -0.373. The molecule has 1 heterocycles. The van der Waals surface area contributed by atoms with Crippen LogP contribution >= 0.6 is 0 Å². The van der Waals surface area contributed by atoms with Crippen molar-refractivity contribution in [3.8, 4) is 0 Å². The third-order valence-corrected chi connectivity index (χ3v) is 1.50. The van der Waals surface area contributed by atoms with E-state index in [9.17, 15) is 0 Å². The van der Waals surface area contributed by atoms with Gasteiger partial charge in [-0.05, 0) is 20.9 Å². The standard InChI is InChI=1S/C7H15NO2/c1-7(2)9-5-6(10-7)4-8-3/h6,8H,4-5H2,1-3H3. The third-order valence-electron chi connectivity index (χ3n) is 1.50. The molecule has 1 aliphatic heterocycles. The van der Waals surface area contributed by atoms with Crippen molar-refractivity contribution in [1.82, 2.24) is 5.32 Å². The van der Waals surface area contributed by atoms with Gasteiger partial charge in [-0.3, -0.25) is 0 Å². The summed E-state index contributed by atoms with van der Waals surface area (Å²) in [7, 11) is 1.91. The number of rotatable bonds is 2. The van der Waals surface area contributed by atoms with Gasteiger partial charge < -0.3 is 14.8 Å². The predicted octanol–water partition coefficient (Wildman–Crippen LogP) is 0.357. The molecule has 10 heavy (non-hydrogen) atoms. The van der Waals surface area contributed by atoms with Gasteiger partial charge in [0.25, 0.3) is 0 Å². The summed E-state index contributed by atoms with van der Waals surface area (Å²) in [6, 6.07) is 0. The Balaban J connectivity index is 2.29. The predicted molar refractivity (Wildman–Crippen MR) is 38.8 cm³/mol. The van der Waals surface area contributed by atoms with E-state index in [1.165, 1.54) is 0 Å². The van der Waals surface area contributed by atoms with Gasteiger partial charge in [-0.15, -0.1) is 0 Å². The zero-order valence-corrected chi connectivity index (χ0v) is 6.81. The van der Waals surface area contributed by atoms with Crippen LogP contribution in [0.25, 0.3) is 0 Å². The molecule has 1 aliphatic rings. The van der Waals surface area contributed by atoms with Crippen molar-refractivity contribution in [2.75, 3.05) is 20.2 Å². The molecule has 1 atom stereocenters. The first-order chi connectivity index (χ1) is 4.64. The number of nitrogens with one attached hydrogen (secondary N) is 1. The van der Waals surface area contributed by atoms with E-state index in [2.05, 4.69) is 5.32 Å². The second kappa shape index (κ2) is 2.86. The summed E-state index contributed by atoms with van der Waals surface area (Å²) in [5.41, 5.74) is 0. The molecule has 1 N–H and O–H groups in total. The lowest BCUT2D eigenvalue weighted by atomic mass is 10.4. The highest BCUT2D eigenvalue weighted by atomic mass is 16.7. The van der Waals surface area contributed by atoms with Gasteiger partial charge in [0.15, 0.2) is 5.79 Å². The minimum Gasteiger partial charge on any atom is -0.348 e. The topological polar surface area (TPSA) is 30.5 Å². The van der Waals surface area contributed by atoms with E-state index in [1.807, 2.05) is 20.9 Å². The molecular weight excluding hydrogens is 130 g/mol. The molecule has 0 spiro atoms. The number of hydrogen-bond donors (Lipinski definition) is 1. The molecule has 0 amide bonds. The summed E-state index contributed by atoms with van der Waals surface area (Å²) in [5.74, 6) is -0.373. The van der Waals surface area contributed by atoms with Crippen LogP contribution in [-0.2, 0) is 9.47 Å². The van der Waals surface area contributed by atoms with E-state index in [0.29, 0.717) is 6.61 Å². The van der Waals surface area contributed by atoms with Crippen LogP contribution in [-0.4, -0.2) is 32.1 Å². The third kappa shape index (κ3) is 1.94. The molecule has 1 unspecified atom stereocenters. The quantitative estimate of drug-likeness (QED) is 0.608. The molecule has 3 heteroatoms. The smallest absolute Gasteiger partial charge is 0.163 e. The van der Waals surface area contributed by atoms with Crippen molar-refractivity contribution < 1.29 is 9.47 Å². The molecule has 0 aromatic carbocycles. The summed E-state index contributed by atoms with van der Waals surface area (Å²) in [5, 5.41) is 3.04. The fourth-order valence-electron chi connectivity index (χ4n) is 1.09. The van der Waals surface area contributed by atoms with Crippen molar-refractivity contribution in [1.29, 1.82) is 0 Å². The molecule has 0 radical (unpaired) electrons. The first-order valence-electron chi connectivity index (χ1n) is 3.60. The maximum atomic E-state index is 5.50. The van der Waals surface area contributed by atoms with E-state index in [0.717, 1.165) is 6.54 Å². The summed E-state index contributed by atoms with van der Waals surface area (Å²) in [6.07, 6.45) is 0.222. The largest absolute Gasteiger partial charge is 0.348 e. The summed E-state index contributed by atoms with van der Waals surface area (Å²) >= 11 is 0. The summed E-state index contributed by atoms with van der Waals surface area (Å²) in [4.78, 5) is 0. The van der Waals surface area contributed by atoms with Crippen LogP contribution in [0.4, 0.5) is 0 Å². The van der Waals surface area contributed by atoms with Crippen LogP contribution in [0.5, 0.6) is 0 Å². The Labute approximate surface area is 61.7 Å². The molecule has 3 nitrogen and oxygen atoms in total. The molecule has 60 valence electrons. The Hall–Kier alpha value is -0.120. The van der Waals surface area contributed by atoms with Crippen molar-refractivity contribution in [2.24, 2.45) is 0 Å². The number of hydrogen-bond acceptors (Lipinski definition) is 3. The normalized spacial score (nSPS) is 30.9. The van der Waals surface area contributed by atoms with Gasteiger partial charge in [-0.2, -0.15) is 0 Å². The fraction of sp³-hybridized carbons (Fsp3) is 1.00. The fourth-order valence-corrected chi connectivity index (χ4v) is 1.09. The highest BCUT2D eigenvalue weighted by Crippen LogP contribution is 2.21. The zero-order chi connectivity index (χ0) is 7.61. The van der Waals surface area contributed by atoms with Gasteiger partial charge in [0.1, 0.15) is 0 Å². The summed E-state index contributed by atoms with van der Waals surface area (Å²) < 4.78 is 10.8. The first-order valence-corrected chi connectivity index (χ1v) is 3.60. The van der Waals surface area contributed by atoms with E-state index in [4.69, 9.17) is 9.47 Å². The molecule has 0 aromatic rings. The monoisotopic (exact) mass is 145 g/mol. The Morgan fingerprint density at radius 1 is 1.60 bits per heavy atom. The minimum absolute atomic E-state index is 0.222. The van der Waals surface area contributed by atoms with Crippen LogP contribution < -0.4 is 5.32 Å². The van der Waals surface area contributed by atoms with Gasteiger partial charge in [0, 0.05) is 6.54 Å². The molecule has 0 aliphatic carbocycles. The van der Waals surface area contributed by atoms with E-state index in [-0.39, 0.29) is 11.9 Å². The SMILES string of the molecule is CNCC1COC(C)(C)O1. The summed E-state index contributed by atoms with van der Waals surface area (Å²) in [6.45, 7) is 5.43. The van der Waals surface area contributed by atoms with Crippen LogP contribution in [0, 0.1) is 0 Å². The highest BCUT2D eigenvalue weighted by Gasteiger charge is 2.31. The Morgan fingerprint density at radius 2 is 2.30 bits per heavy atom. The average molecular weight is 145 g/mol. The van der Waals surface area contributed by atoms with Crippen LogP contribution in [0.15, 0.2) is 0 Å². The van der Waals surface area contributed by atoms with Crippen molar-refractivity contribution >= 4 is 0 Å². The molecule has 0 aromatic heterocycles. The molecule has 1 fully saturated rings. The van der Waals surface area contributed by atoms with Gasteiger partial charge >= 0.3 is 0 Å². The molecule has 0 saturated carbocycles. The van der Waals surface area contributed by atoms with Gasteiger partial charge in [0.2, 0.25) is 0 Å². The lowest BCUT2D eigenvalue weighted by molar-refractivity contribution is -0.137. The number of ether oxygens (including phenoxy) is 2. The van der Waals surface area contributed by atoms with Crippen LogP contribution in [0.2, 0.25) is 0 Å². The molecule has 1 saturated heterocycles. The molecule has 0 bridgehead atoms. The van der Waals surface area contributed by atoms with Crippen molar-refractivity contribution in [3.05, 3.63) is 0 Å². The maximum absolute atomic E-state index is 5.50. The Bertz CT molecular complexity index is 114. The maximum Gasteiger partial charge on any atom is 0.163 e. The second-order valence-corrected chi connectivity index (χ2v) is 3.01. The Kier molecular flexibility index (Phi) is 2.28. The first kappa shape index (κ1) is 7.98. The average Bonchev–Trinajstić information content (AvgIpc) is 2.12. The lowest BCUT2D eigenvalue weighted by Gasteiger charge is -2.16. The lowest BCUT2D eigenvalue weighted by Crippen LogP contribution is -2.28. The van der Waals surface area contributed by atoms with Crippen molar-refractivity contribution in [2.45, 2.75) is 25.7 Å². The van der Waals surface area contributed by atoms with Crippen LogP contribution in [0.1, 0.15) is 13.8 Å². The van der Waals surface area contributed by atoms with Gasteiger partial charge in [-0.1, -0.05) is 0 Å². The molecular formula is C7H15NO2. The molecule has 1 rings (SSSR count). The highest BCUT2D eigenvalue weighted by molar-refractivity contribution is 4.71. The van der Waals surface area contributed by atoms with E-state index >= 15 is 0 Å². The van der Waals surface area contributed by atoms with Crippen LogP contribution in [0.3, 0.4) is 0 Å². The van der Waals surface area contributed by atoms with Crippen molar-refractivity contribution in [3.63, 3.8) is 0 Å². The van der Waals surface area contributed by atoms with Gasteiger partial charge in [0.05, 0.1) is 12.7 Å². The number of likely N-dealkylation sites (N-methyl/N-ethyl adjacent to an activating group) is 1. The van der Waals surface area contributed by atoms with Gasteiger partial charge in [-0.25, -0.2) is 0 Å². The zero-order valence-electron chi connectivity index (χ0n) is 6.81. The Morgan fingerprint density at radius 3 is 2.70 bits per heavy atom. The van der Waals surface area contributed by atoms with E-state index in [1.54, 1.807) is 0 Å².